The van der Waals surface area contributed by atoms with Crippen molar-refractivity contribution in [3.8, 4) is 0 Å². The molecule has 0 spiro atoms. The molecule has 1 amide bonds. The van der Waals surface area contributed by atoms with Crippen LogP contribution in [0.3, 0.4) is 0 Å². The zero-order valence-corrected chi connectivity index (χ0v) is 16.2. The fourth-order valence-electron chi connectivity index (χ4n) is 2.73. The molecule has 30 heavy (non-hydrogen) atoms. The maximum absolute atomic E-state index is 12.7. The lowest BCUT2D eigenvalue weighted by Gasteiger charge is -2.13. The molecular formula is C21H22F3NO5. The van der Waals surface area contributed by atoms with E-state index < -0.39 is 29.9 Å². The van der Waals surface area contributed by atoms with Gasteiger partial charge in [0.15, 0.2) is 6.10 Å². The molecule has 1 atom stereocenters. The second-order valence-corrected chi connectivity index (χ2v) is 6.40. The Morgan fingerprint density at radius 3 is 2.47 bits per heavy atom. The van der Waals surface area contributed by atoms with E-state index in [-0.39, 0.29) is 25.3 Å². The number of aliphatic carboxylic acids is 1. The number of carbonyl (C=O) groups is 2. The highest BCUT2D eigenvalue weighted by atomic mass is 19.4. The number of benzene rings is 2. The zero-order chi connectivity index (χ0) is 22.1. The molecule has 0 saturated heterocycles. The van der Waals surface area contributed by atoms with Gasteiger partial charge in [-0.25, -0.2) is 9.59 Å². The number of amides is 1. The predicted molar refractivity (Wildman–Crippen MR) is 103 cm³/mol. The first-order valence-corrected chi connectivity index (χ1v) is 9.22. The normalized spacial score (nSPS) is 12.3. The van der Waals surface area contributed by atoms with Gasteiger partial charge >= 0.3 is 18.2 Å². The van der Waals surface area contributed by atoms with Gasteiger partial charge in [0.05, 0.1) is 12.2 Å². The summed E-state index contributed by atoms with van der Waals surface area (Å²) in [6.07, 6.45) is -5.76. The number of hydrogen-bond donors (Lipinski definition) is 2. The minimum atomic E-state index is -4.51. The molecule has 6 nitrogen and oxygen atoms in total. The Morgan fingerprint density at radius 1 is 1.10 bits per heavy atom. The predicted octanol–water partition coefficient (Wildman–Crippen LogP) is 4.53. The van der Waals surface area contributed by atoms with Gasteiger partial charge in [-0.05, 0) is 36.2 Å². The number of hydrogen-bond acceptors (Lipinski definition) is 4. The number of carbonyl (C=O) groups excluding carboxylic acids is 1. The topological polar surface area (TPSA) is 84.9 Å². The molecule has 2 N–H and O–H groups in total. The van der Waals surface area contributed by atoms with Crippen molar-refractivity contribution in [1.29, 1.82) is 0 Å². The Bertz CT molecular complexity index is 870. The second kappa shape index (κ2) is 10.6. The number of nitrogens with one attached hydrogen (secondary N) is 1. The van der Waals surface area contributed by atoms with E-state index in [0.29, 0.717) is 6.42 Å². The van der Waals surface area contributed by atoms with E-state index in [1.165, 1.54) is 12.1 Å². The first kappa shape index (κ1) is 23.2. The van der Waals surface area contributed by atoms with E-state index in [1.807, 2.05) is 0 Å². The molecule has 0 aliphatic carbocycles. The van der Waals surface area contributed by atoms with Crippen molar-refractivity contribution in [2.45, 2.75) is 32.0 Å². The number of halogens is 3. The molecular weight excluding hydrogens is 403 g/mol. The average Bonchev–Trinajstić information content (AvgIpc) is 2.67. The van der Waals surface area contributed by atoms with Gasteiger partial charge in [0, 0.05) is 25.1 Å². The summed E-state index contributed by atoms with van der Waals surface area (Å²) in [6.45, 7) is 2.00. The largest absolute Gasteiger partial charge is 0.479 e. The van der Waals surface area contributed by atoms with Crippen molar-refractivity contribution in [2.75, 3.05) is 18.5 Å². The Balaban J connectivity index is 1.86. The fraction of sp³-hybridized carbons (Fsp3) is 0.333. The monoisotopic (exact) mass is 425 g/mol. The lowest BCUT2D eigenvalue weighted by molar-refractivity contribution is -0.150. The third-order valence-corrected chi connectivity index (χ3v) is 4.12. The molecule has 0 aromatic heterocycles. The lowest BCUT2D eigenvalue weighted by Crippen LogP contribution is -2.26. The molecule has 1 unspecified atom stereocenters. The molecule has 2 rings (SSSR count). The second-order valence-electron chi connectivity index (χ2n) is 6.40. The van der Waals surface area contributed by atoms with Crippen LogP contribution in [0.2, 0.25) is 0 Å². The summed E-state index contributed by atoms with van der Waals surface area (Å²) < 4.78 is 48.4. The van der Waals surface area contributed by atoms with Crippen LogP contribution in [0, 0.1) is 0 Å². The summed E-state index contributed by atoms with van der Waals surface area (Å²) in [5.74, 6) is -1.04. The van der Waals surface area contributed by atoms with Gasteiger partial charge in [-0.2, -0.15) is 13.2 Å². The highest BCUT2D eigenvalue weighted by molar-refractivity contribution is 5.84. The molecule has 162 valence electrons. The Hall–Kier alpha value is -3.07. The van der Waals surface area contributed by atoms with Crippen LogP contribution in [-0.2, 0) is 33.3 Å². The van der Waals surface area contributed by atoms with Crippen molar-refractivity contribution >= 4 is 17.7 Å². The molecule has 0 aliphatic heterocycles. The molecule has 0 aliphatic rings. The molecule has 2 aromatic carbocycles. The van der Waals surface area contributed by atoms with Crippen LogP contribution in [0.15, 0.2) is 48.5 Å². The van der Waals surface area contributed by atoms with Crippen molar-refractivity contribution in [2.24, 2.45) is 0 Å². The van der Waals surface area contributed by atoms with Gasteiger partial charge in [0.2, 0.25) is 0 Å². The van der Waals surface area contributed by atoms with Crippen LogP contribution < -0.4 is 5.32 Å². The molecule has 9 heteroatoms. The first-order chi connectivity index (χ1) is 14.2. The first-order valence-electron chi connectivity index (χ1n) is 9.22. The maximum atomic E-state index is 12.7. The number of ether oxygens (including phenoxy) is 2. The maximum Gasteiger partial charge on any atom is 0.416 e. The SMILES string of the molecule is CCOC(Cc1cccc(CCOC(=O)Nc2cccc(C(F)(F)F)c2)c1)C(=O)O. The molecule has 0 fully saturated rings. The van der Waals surface area contributed by atoms with Gasteiger partial charge in [-0.15, -0.1) is 0 Å². The summed E-state index contributed by atoms with van der Waals surface area (Å²) in [6, 6.07) is 11.4. The Morgan fingerprint density at radius 2 is 1.80 bits per heavy atom. The van der Waals surface area contributed by atoms with E-state index in [2.05, 4.69) is 5.32 Å². The molecule has 0 radical (unpaired) electrons. The van der Waals surface area contributed by atoms with Gasteiger partial charge in [-0.3, -0.25) is 5.32 Å². The number of rotatable bonds is 9. The molecule has 0 bridgehead atoms. The van der Waals surface area contributed by atoms with Crippen LogP contribution in [-0.4, -0.2) is 36.5 Å². The van der Waals surface area contributed by atoms with Gasteiger partial charge in [0.25, 0.3) is 0 Å². The molecule has 0 heterocycles. The molecule has 2 aromatic rings. The minimum Gasteiger partial charge on any atom is -0.479 e. The van der Waals surface area contributed by atoms with Crippen molar-refractivity contribution in [3.63, 3.8) is 0 Å². The van der Waals surface area contributed by atoms with Crippen molar-refractivity contribution in [3.05, 3.63) is 65.2 Å². The van der Waals surface area contributed by atoms with Crippen LogP contribution >= 0.6 is 0 Å². The summed E-state index contributed by atoms with van der Waals surface area (Å²) >= 11 is 0. The lowest BCUT2D eigenvalue weighted by atomic mass is 10.0. The van der Waals surface area contributed by atoms with E-state index in [0.717, 1.165) is 23.3 Å². The highest BCUT2D eigenvalue weighted by Gasteiger charge is 2.30. The quantitative estimate of drug-likeness (QED) is 0.617. The van der Waals surface area contributed by atoms with E-state index in [4.69, 9.17) is 14.6 Å². The Kier molecular flexibility index (Phi) is 8.23. The standard InChI is InChI=1S/C21H22F3NO5/c1-2-29-18(19(26)27)12-15-6-3-5-14(11-15)9-10-30-20(28)25-17-8-4-7-16(13-17)21(22,23)24/h3-8,11,13,18H,2,9-10,12H2,1H3,(H,25,28)(H,26,27). The van der Waals surface area contributed by atoms with Crippen LogP contribution in [0.1, 0.15) is 23.6 Å². The summed E-state index contributed by atoms with van der Waals surface area (Å²) in [7, 11) is 0. The third kappa shape index (κ3) is 7.40. The smallest absolute Gasteiger partial charge is 0.416 e. The number of alkyl halides is 3. The van der Waals surface area contributed by atoms with E-state index in [1.54, 1.807) is 31.2 Å². The summed E-state index contributed by atoms with van der Waals surface area (Å²) in [5.41, 5.74) is 0.693. The van der Waals surface area contributed by atoms with Crippen LogP contribution in [0.5, 0.6) is 0 Å². The highest BCUT2D eigenvalue weighted by Crippen LogP contribution is 2.30. The van der Waals surface area contributed by atoms with Gasteiger partial charge < -0.3 is 14.6 Å². The van der Waals surface area contributed by atoms with E-state index in [9.17, 15) is 22.8 Å². The number of carboxylic acid groups (broad SMARTS) is 1. The van der Waals surface area contributed by atoms with Crippen molar-refractivity contribution < 1.29 is 37.3 Å². The minimum absolute atomic E-state index is 0.00205. The average molecular weight is 425 g/mol. The zero-order valence-electron chi connectivity index (χ0n) is 16.2. The van der Waals surface area contributed by atoms with Crippen LogP contribution in [0.4, 0.5) is 23.7 Å². The van der Waals surface area contributed by atoms with Crippen molar-refractivity contribution in [1.82, 2.24) is 0 Å². The summed E-state index contributed by atoms with van der Waals surface area (Å²) in [4.78, 5) is 23.0. The number of carboxylic acids is 1. The summed E-state index contributed by atoms with van der Waals surface area (Å²) in [5, 5.41) is 11.4. The number of anilines is 1. The molecule has 0 saturated carbocycles. The Labute approximate surface area is 171 Å². The van der Waals surface area contributed by atoms with E-state index >= 15 is 0 Å². The van der Waals surface area contributed by atoms with Crippen LogP contribution in [0.25, 0.3) is 0 Å². The third-order valence-electron chi connectivity index (χ3n) is 4.12. The fourth-order valence-corrected chi connectivity index (χ4v) is 2.73. The van der Waals surface area contributed by atoms with Gasteiger partial charge in [-0.1, -0.05) is 30.3 Å². The van der Waals surface area contributed by atoms with Gasteiger partial charge in [0.1, 0.15) is 0 Å².